The van der Waals surface area contributed by atoms with Crippen molar-refractivity contribution in [3.63, 3.8) is 0 Å². The van der Waals surface area contributed by atoms with Crippen LogP contribution < -0.4 is 4.90 Å². The van der Waals surface area contributed by atoms with Crippen molar-refractivity contribution in [1.29, 1.82) is 0 Å². The van der Waals surface area contributed by atoms with E-state index >= 15 is 0 Å². The zero-order valence-corrected chi connectivity index (χ0v) is 9.61. The predicted octanol–water partition coefficient (Wildman–Crippen LogP) is 2.80. The molecule has 0 saturated carbocycles. The number of hydrogen-bond donors (Lipinski definition) is 1. The van der Waals surface area contributed by atoms with E-state index in [1.54, 1.807) is 0 Å². The fraction of sp³-hybridized carbons (Fsp3) is 0.462. The van der Waals surface area contributed by atoms with Gasteiger partial charge in [0.25, 0.3) is 0 Å². The molecule has 3 nitrogen and oxygen atoms in total. The van der Waals surface area contributed by atoms with Gasteiger partial charge in [0.05, 0.1) is 11.0 Å². The normalized spacial score (nSPS) is 21.6. The van der Waals surface area contributed by atoms with E-state index in [1.165, 1.54) is 12.8 Å². The Balaban J connectivity index is 1.93. The maximum absolute atomic E-state index is 4.64. The standard InChI is InChI=1S/C13H17N3/c1-10-5-4-8-16(9-10)13-14-11-6-2-3-7-12(11)15-13/h2-3,6-7,10H,4-5,8-9H2,1H3,(H,14,15). The molecule has 84 valence electrons. The molecule has 0 amide bonds. The first kappa shape index (κ1) is 9.70. The van der Waals surface area contributed by atoms with E-state index in [0.717, 1.165) is 36.0 Å². The molecule has 1 fully saturated rings. The molecule has 0 radical (unpaired) electrons. The van der Waals surface area contributed by atoms with Gasteiger partial charge in [-0.2, -0.15) is 0 Å². The highest BCUT2D eigenvalue weighted by atomic mass is 15.3. The van der Waals surface area contributed by atoms with Crippen molar-refractivity contribution in [2.45, 2.75) is 19.8 Å². The summed E-state index contributed by atoms with van der Waals surface area (Å²) < 4.78 is 0. The van der Waals surface area contributed by atoms with E-state index in [2.05, 4.69) is 33.9 Å². The molecule has 2 heterocycles. The van der Waals surface area contributed by atoms with Crippen molar-refractivity contribution in [3.8, 4) is 0 Å². The summed E-state index contributed by atoms with van der Waals surface area (Å²) >= 11 is 0. The summed E-state index contributed by atoms with van der Waals surface area (Å²) in [6.45, 7) is 4.57. The number of H-pyrrole nitrogens is 1. The number of aromatic amines is 1. The molecule has 0 bridgehead atoms. The van der Waals surface area contributed by atoms with Crippen LogP contribution in [0.1, 0.15) is 19.8 Å². The van der Waals surface area contributed by atoms with Gasteiger partial charge >= 0.3 is 0 Å². The lowest BCUT2D eigenvalue weighted by atomic mass is 10.0. The van der Waals surface area contributed by atoms with Gasteiger partial charge in [-0.15, -0.1) is 0 Å². The van der Waals surface area contributed by atoms with Gasteiger partial charge < -0.3 is 9.88 Å². The zero-order chi connectivity index (χ0) is 11.0. The summed E-state index contributed by atoms with van der Waals surface area (Å²) in [7, 11) is 0. The Labute approximate surface area is 95.5 Å². The molecular weight excluding hydrogens is 198 g/mol. The van der Waals surface area contributed by atoms with Gasteiger partial charge in [-0.3, -0.25) is 0 Å². The van der Waals surface area contributed by atoms with Crippen LogP contribution in [0.15, 0.2) is 24.3 Å². The summed E-state index contributed by atoms with van der Waals surface area (Å²) in [6, 6.07) is 8.22. The van der Waals surface area contributed by atoms with Crippen LogP contribution in [0.25, 0.3) is 11.0 Å². The zero-order valence-electron chi connectivity index (χ0n) is 9.61. The third-order valence-corrected chi connectivity index (χ3v) is 3.33. The van der Waals surface area contributed by atoms with Gasteiger partial charge in [0, 0.05) is 13.1 Å². The van der Waals surface area contributed by atoms with Crippen LogP contribution in [0.3, 0.4) is 0 Å². The molecule has 0 spiro atoms. The van der Waals surface area contributed by atoms with E-state index in [1.807, 2.05) is 12.1 Å². The van der Waals surface area contributed by atoms with Gasteiger partial charge in [0.2, 0.25) is 5.95 Å². The fourth-order valence-corrected chi connectivity index (χ4v) is 2.47. The fourth-order valence-electron chi connectivity index (χ4n) is 2.47. The number of anilines is 1. The predicted molar refractivity (Wildman–Crippen MR) is 66.7 cm³/mol. The van der Waals surface area contributed by atoms with Crippen LogP contribution >= 0.6 is 0 Å². The molecule has 1 atom stereocenters. The number of fused-ring (bicyclic) bond motifs is 1. The SMILES string of the molecule is CC1CCCN(c2nc3ccccc3[nH]2)C1. The number of imidazole rings is 1. The summed E-state index contributed by atoms with van der Waals surface area (Å²) in [6.07, 6.45) is 2.62. The Morgan fingerprint density at radius 2 is 2.25 bits per heavy atom. The minimum Gasteiger partial charge on any atom is -0.342 e. The van der Waals surface area contributed by atoms with E-state index in [-0.39, 0.29) is 0 Å². The third kappa shape index (κ3) is 1.66. The van der Waals surface area contributed by atoms with Crippen molar-refractivity contribution in [1.82, 2.24) is 9.97 Å². The highest BCUT2D eigenvalue weighted by molar-refractivity contribution is 5.77. The molecular formula is C13H17N3. The monoisotopic (exact) mass is 215 g/mol. The van der Waals surface area contributed by atoms with Crippen LogP contribution in [-0.4, -0.2) is 23.1 Å². The molecule has 1 aromatic heterocycles. The molecule has 3 rings (SSSR count). The molecule has 1 saturated heterocycles. The summed E-state index contributed by atoms with van der Waals surface area (Å²) in [5, 5.41) is 0. The minimum atomic E-state index is 0.780. The maximum atomic E-state index is 4.64. The van der Waals surface area contributed by atoms with Crippen LogP contribution in [0, 0.1) is 5.92 Å². The van der Waals surface area contributed by atoms with Gasteiger partial charge in [0.1, 0.15) is 0 Å². The number of aromatic nitrogens is 2. The number of piperidine rings is 1. The summed E-state index contributed by atoms with van der Waals surface area (Å²) in [4.78, 5) is 10.4. The molecule has 2 aromatic rings. The van der Waals surface area contributed by atoms with E-state index in [4.69, 9.17) is 0 Å². The van der Waals surface area contributed by atoms with Gasteiger partial charge in [-0.05, 0) is 30.9 Å². The van der Waals surface area contributed by atoms with E-state index < -0.39 is 0 Å². The van der Waals surface area contributed by atoms with Crippen molar-refractivity contribution in [2.75, 3.05) is 18.0 Å². The van der Waals surface area contributed by atoms with Crippen molar-refractivity contribution >= 4 is 17.0 Å². The number of rotatable bonds is 1. The van der Waals surface area contributed by atoms with Crippen molar-refractivity contribution in [2.24, 2.45) is 5.92 Å². The first-order chi connectivity index (χ1) is 7.83. The summed E-state index contributed by atoms with van der Waals surface area (Å²) in [5.41, 5.74) is 2.20. The van der Waals surface area contributed by atoms with Crippen LogP contribution in [0.4, 0.5) is 5.95 Å². The average molecular weight is 215 g/mol. The lowest BCUT2D eigenvalue weighted by molar-refractivity contribution is 0.443. The second kappa shape index (κ2) is 3.81. The number of benzene rings is 1. The third-order valence-electron chi connectivity index (χ3n) is 3.33. The Hall–Kier alpha value is -1.51. The molecule has 1 unspecified atom stereocenters. The lowest BCUT2D eigenvalue weighted by Crippen LogP contribution is -2.34. The highest BCUT2D eigenvalue weighted by Crippen LogP contribution is 2.22. The van der Waals surface area contributed by atoms with Crippen LogP contribution in [0.5, 0.6) is 0 Å². The second-order valence-corrected chi connectivity index (χ2v) is 4.77. The number of para-hydroxylation sites is 2. The first-order valence-corrected chi connectivity index (χ1v) is 6.02. The van der Waals surface area contributed by atoms with Gasteiger partial charge in [-0.25, -0.2) is 4.98 Å². The first-order valence-electron chi connectivity index (χ1n) is 6.02. The molecule has 16 heavy (non-hydrogen) atoms. The van der Waals surface area contributed by atoms with Crippen molar-refractivity contribution in [3.05, 3.63) is 24.3 Å². The topological polar surface area (TPSA) is 31.9 Å². The lowest BCUT2D eigenvalue weighted by Gasteiger charge is -2.30. The van der Waals surface area contributed by atoms with E-state index in [0.29, 0.717) is 0 Å². The second-order valence-electron chi connectivity index (χ2n) is 4.77. The Bertz CT molecular complexity index is 456. The van der Waals surface area contributed by atoms with Crippen LogP contribution in [0.2, 0.25) is 0 Å². The summed E-state index contributed by atoms with van der Waals surface area (Å²) in [5.74, 6) is 1.81. The van der Waals surface area contributed by atoms with Crippen LogP contribution in [-0.2, 0) is 0 Å². The highest BCUT2D eigenvalue weighted by Gasteiger charge is 2.18. The Morgan fingerprint density at radius 1 is 1.38 bits per heavy atom. The molecule has 1 aromatic carbocycles. The molecule has 0 aliphatic carbocycles. The van der Waals surface area contributed by atoms with Gasteiger partial charge in [-0.1, -0.05) is 19.1 Å². The average Bonchev–Trinajstić information content (AvgIpc) is 2.72. The smallest absolute Gasteiger partial charge is 0.203 e. The molecule has 1 aliphatic rings. The molecule has 3 heteroatoms. The van der Waals surface area contributed by atoms with Gasteiger partial charge in [0.15, 0.2) is 0 Å². The Kier molecular flexibility index (Phi) is 2.31. The minimum absolute atomic E-state index is 0.780. The number of hydrogen-bond acceptors (Lipinski definition) is 2. The molecule has 1 N–H and O–H groups in total. The molecule has 1 aliphatic heterocycles. The quantitative estimate of drug-likeness (QED) is 0.793. The van der Waals surface area contributed by atoms with E-state index in [9.17, 15) is 0 Å². The number of nitrogens with zero attached hydrogens (tertiary/aromatic N) is 2. The van der Waals surface area contributed by atoms with Crippen molar-refractivity contribution < 1.29 is 0 Å². The number of nitrogens with one attached hydrogen (secondary N) is 1. The Morgan fingerprint density at radius 3 is 3.06 bits per heavy atom. The maximum Gasteiger partial charge on any atom is 0.203 e. The largest absolute Gasteiger partial charge is 0.342 e.